The van der Waals surface area contributed by atoms with Crippen molar-refractivity contribution in [2.45, 2.75) is 30.3 Å². The van der Waals surface area contributed by atoms with Crippen LogP contribution in [0.3, 0.4) is 0 Å². The Hall–Kier alpha value is -1.37. The maximum absolute atomic E-state index is 14.6. The number of nitrogens with zero attached hydrogens (tertiary/aromatic N) is 2. The number of alkyl halides is 4. The second kappa shape index (κ2) is 5.37. The predicted octanol–water partition coefficient (Wildman–Crippen LogP) is 0.855. The lowest BCUT2D eigenvalue weighted by Gasteiger charge is -2.31. The van der Waals surface area contributed by atoms with Crippen molar-refractivity contribution in [3.8, 4) is 0 Å². The molecular weight excluding hydrogens is 337 g/mol. The van der Waals surface area contributed by atoms with Crippen LogP contribution in [0, 0.1) is 10.6 Å². The van der Waals surface area contributed by atoms with E-state index >= 15 is 0 Å². The summed E-state index contributed by atoms with van der Waals surface area (Å²) in [6, 6.07) is 0. The van der Waals surface area contributed by atoms with Crippen molar-refractivity contribution in [1.82, 2.24) is 9.55 Å². The van der Waals surface area contributed by atoms with Gasteiger partial charge in [-0.1, -0.05) is 0 Å². The molecule has 12 heteroatoms. The Morgan fingerprint density at radius 1 is 1.50 bits per heavy atom. The Morgan fingerprint density at radius 2 is 2.09 bits per heavy atom. The van der Waals surface area contributed by atoms with Crippen molar-refractivity contribution in [2.24, 2.45) is 0 Å². The van der Waals surface area contributed by atoms with Crippen molar-refractivity contribution in [3.05, 3.63) is 16.8 Å². The van der Waals surface area contributed by atoms with Crippen molar-refractivity contribution < 1.29 is 36.9 Å². The van der Waals surface area contributed by atoms with Crippen molar-refractivity contribution in [2.75, 3.05) is 12.3 Å². The number of aromatic nitrogens is 2. The first-order chi connectivity index (χ1) is 10.0. The first kappa shape index (κ1) is 17.0. The van der Waals surface area contributed by atoms with Gasteiger partial charge in [0.2, 0.25) is 4.77 Å². The molecule has 0 bridgehead atoms. The summed E-state index contributed by atoms with van der Waals surface area (Å²) in [4.78, 5) is 3.26. The average Bonchev–Trinajstić information content (AvgIpc) is 2.67. The topological polar surface area (TPSA) is 93.5 Å². The van der Waals surface area contributed by atoms with Crippen LogP contribution in [0.1, 0.15) is 6.23 Å². The maximum Gasteiger partial charge on any atom is 0.429 e. The third-order valence-electron chi connectivity index (χ3n) is 3.25. The highest BCUT2D eigenvalue weighted by molar-refractivity contribution is 7.71. The number of aliphatic hydroxyl groups is 2. The smallest absolute Gasteiger partial charge is 0.394 e. The van der Waals surface area contributed by atoms with Gasteiger partial charge in [-0.3, -0.25) is 4.57 Å². The molecule has 1 aliphatic rings. The van der Waals surface area contributed by atoms with Crippen LogP contribution in [0.15, 0.2) is 6.20 Å². The standard InChI is InChI=1S/C10H10F5N3O3S/c11-3-1-18(8(22)17-6(3)16)7-9(12,10(13,14)15)5(20)4(2-19)21-7/h1,4-5,7,19-20H,2H2,(H2,16,17,22)/t4-,5+,7-,9?/m1/s1. The minimum absolute atomic E-state index is 0.257. The van der Waals surface area contributed by atoms with E-state index in [1.807, 2.05) is 0 Å². The third-order valence-corrected chi connectivity index (χ3v) is 3.55. The number of hydrogen-bond acceptors (Lipinski definition) is 6. The molecule has 124 valence electrons. The van der Waals surface area contributed by atoms with Crippen LogP contribution in [-0.4, -0.2) is 50.4 Å². The number of rotatable bonds is 2. The van der Waals surface area contributed by atoms with Gasteiger partial charge in [0.25, 0.3) is 5.67 Å². The van der Waals surface area contributed by atoms with E-state index in [9.17, 15) is 27.1 Å². The highest BCUT2D eigenvalue weighted by Crippen LogP contribution is 2.51. The lowest BCUT2D eigenvalue weighted by atomic mass is 9.95. The number of nitrogen functional groups attached to an aromatic ring is 1. The van der Waals surface area contributed by atoms with Gasteiger partial charge in [-0.15, -0.1) is 0 Å². The van der Waals surface area contributed by atoms with Gasteiger partial charge in [0.05, 0.1) is 6.61 Å². The van der Waals surface area contributed by atoms with Gasteiger partial charge >= 0.3 is 6.18 Å². The molecule has 1 fully saturated rings. The van der Waals surface area contributed by atoms with Gasteiger partial charge in [0.15, 0.2) is 17.9 Å². The van der Waals surface area contributed by atoms with Crippen molar-refractivity contribution in [3.63, 3.8) is 0 Å². The van der Waals surface area contributed by atoms with E-state index in [1.54, 1.807) is 0 Å². The molecule has 0 spiro atoms. The zero-order valence-corrected chi connectivity index (χ0v) is 11.4. The predicted molar refractivity (Wildman–Crippen MR) is 64.3 cm³/mol. The normalized spacial score (nSPS) is 32.4. The number of halogens is 5. The molecule has 22 heavy (non-hydrogen) atoms. The monoisotopic (exact) mass is 347 g/mol. The Bertz CT molecular complexity index is 639. The van der Waals surface area contributed by atoms with E-state index < -0.39 is 53.3 Å². The second-order valence-corrected chi connectivity index (χ2v) is 4.95. The zero-order chi connectivity index (χ0) is 16.9. The van der Waals surface area contributed by atoms with Gasteiger partial charge in [0, 0.05) is 6.20 Å². The molecule has 0 radical (unpaired) electrons. The molecule has 0 aromatic carbocycles. The SMILES string of the molecule is Nc1nc(=S)n([C@@H]2O[C@H](CO)[C@H](O)C2(F)C(F)(F)F)cc1F. The van der Waals surface area contributed by atoms with E-state index in [1.165, 1.54) is 0 Å². The molecule has 6 nitrogen and oxygen atoms in total. The minimum atomic E-state index is -5.58. The fraction of sp³-hybridized carbons (Fsp3) is 0.600. The van der Waals surface area contributed by atoms with Crippen LogP contribution in [0.5, 0.6) is 0 Å². The maximum atomic E-state index is 14.6. The minimum Gasteiger partial charge on any atom is -0.394 e. The van der Waals surface area contributed by atoms with E-state index in [0.29, 0.717) is 6.20 Å². The summed E-state index contributed by atoms with van der Waals surface area (Å²) in [6.45, 7) is -1.09. The summed E-state index contributed by atoms with van der Waals surface area (Å²) < 4.78 is 71.4. The molecular formula is C10H10F5N3O3S. The molecule has 4 atom stereocenters. The highest BCUT2D eigenvalue weighted by Gasteiger charge is 2.72. The molecule has 2 rings (SSSR count). The fourth-order valence-electron chi connectivity index (χ4n) is 2.10. The van der Waals surface area contributed by atoms with Crippen LogP contribution in [-0.2, 0) is 4.74 Å². The largest absolute Gasteiger partial charge is 0.429 e. The van der Waals surface area contributed by atoms with Crippen LogP contribution >= 0.6 is 12.2 Å². The Labute approximate surface area is 124 Å². The van der Waals surface area contributed by atoms with E-state index in [4.69, 9.17) is 10.8 Å². The van der Waals surface area contributed by atoms with Crippen LogP contribution in [0.4, 0.5) is 27.8 Å². The molecule has 1 aliphatic heterocycles. The number of hydrogen-bond donors (Lipinski definition) is 3. The number of nitrogens with two attached hydrogens (primary N) is 1. The Kier molecular flexibility index (Phi) is 4.14. The number of anilines is 1. The molecule has 0 amide bonds. The first-order valence-electron chi connectivity index (χ1n) is 5.78. The second-order valence-electron chi connectivity index (χ2n) is 4.58. The van der Waals surface area contributed by atoms with E-state index in [2.05, 4.69) is 21.9 Å². The summed E-state index contributed by atoms with van der Waals surface area (Å²) >= 11 is 4.62. The molecule has 0 saturated carbocycles. The summed E-state index contributed by atoms with van der Waals surface area (Å²) in [7, 11) is 0. The van der Waals surface area contributed by atoms with Crippen LogP contribution in [0.2, 0.25) is 0 Å². The summed E-state index contributed by atoms with van der Waals surface area (Å²) in [5, 5.41) is 18.4. The molecule has 1 unspecified atom stereocenters. The quantitative estimate of drug-likeness (QED) is 0.543. The van der Waals surface area contributed by atoms with Crippen molar-refractivity contribution >= 4 is 18.0 Å². The van der Waals surface area contributed by atoms with Gasteiger partial charge < -0.3 is 20.7 Å². The number of aliphatic hydroxyl groups excluding tert-OH is 2. The number of ether oxygens (including phenoxy) is 1. The van der Waals surface area contributed by atoms with Gasteiger partial charge in [-0.25, -0.2) is 8.78 Å². The van der Waals surface area contributed by atoms with Crippen LogP contribution < -0.4 is 5.73 Å². The molecule has 1 saturated heterocycles. The Morgan fingerprint density at radius 3 is 2.59 bits per heavy atom. The van der Waals surface area contributed by atoms with Gasteiger partial charge in [-0.05, 0) is 12.2 Å². The molecule has 4 N–H and O–H groups in total. The molecule has 0 aliphatic carbocycles. The first-order valence-corrected chi connectivity index (χ1v) is 6.19. The highest BCUT2D eigenvalue weighted by atomic mass is 32.1. The van der Waals surface area contributed by atoms with Crippen LogP contribution in [0.25, 0.3) is 0 Å². The van der Waals surface area contributed by atoms with Gasteiger partial charge in [-0.2, -0.15) is 18.2 Å². The van der Waals surface area contributed by atoms with E-state index in [-0.39, 0.29) is 4.57 Å². The molecule has 1 aromatic rings. The molecule has 2 heterocycles. The lowest BCUT2D eigenvalue weighted by molar-refractivity contribution is -0.273. The summed E-state index contributed by atoms with van der Waals surface area (Å²) in [6.07, 6.45) is -12.4. The third kappa shape index (κ3) is 2.35. The fourth-order valence-corrected chi connectivity index (χ4v) is 2.35. The summed E-state index contributed by atoms with van der Waals surface area (Å²) in [5.41, 5.74) is 0.793. The average molecular weight is 347 g/mol. The zero-order valence-electron chi connectivity index (χ0n) is 10.6. The van der Waals surface area contributed by atoms with Crippen molar-refractivity contribution in [1.29, 1.82) is 0 Å². The molecule has 1 aromatic heterocycles. The lowest BCUT2D eigenvalue weighted by Crippen LogP contribution is -2.54. The van der Waals surface area contributed by atoms with E-state index in [0.717, 1.165) is 0 Å². The Balaban J connectivity index is 2.62. The summed E-state index contributed by atoms with van der Waals surface area (Å²) in [5.74, 6) is -1.93. The van der Waals surface area contributed by atoms with Gasteiger partial charge in [0.1, 0.15) is 12.2 Å².